The van der Waals surface area contributed by atoms with Crippen LogP contribution in [0.5, 0.6) is 11.5 Å². The fourth-order valence-corrected chi connectivity index (χ4v) is 1.31. The van der Waals surface area contributed by atoms with Gasteiger partial charge in [0, 0.05) is 5.69 Å². The zero-order valence-electron chi connectivity index (χ0n) is 8.68. The minimum atomic E-state index is 0.776. The third-order valence-corrected chi connectivity index (χ3v) is 2.14. The van der Waals surface area contributed by atoms with E-state index < -0.39 is 0 Å². The average molecular weight is 199 g/mol. The van der Waals surface area contributed by atoms with Gasteiger partial charge in [-0.2, -0.15) is 0 Å². The minimum absolute atomic E-state index is 0.776. The molecule has 2 heteroatoms. The van der Waals surface area contributed by atoms with E-state index in [0.29, 0.717) is 0 Å². The number of rotatable bonds is 3. The van der Waals surface area contributed by atoms with Crippen LogP contribution in [0.3, 0.4) is 0 Å². The number of aryl methyl sites for hydroxylation is 1. The predicted octanol–water partition coefficient (Wildman–Crippen LogP) is 3.44. The lowest BCUT2D eigenvalue weighted by atomic mass is 10.3. The highest BCUT2D eigenvalue weighted by atomic mass is 16.5. The van der Waals surface area contributed by atoms with Crippen molar-refractivity contribution >= 4 is 0 Å². The summed E-state index contributed by atoms with van der Waals surface area (Å²) in [5.41, 5.74) is 1.08. The summed E-state index contributed by atoms with van der Waals surface area (Å²) in [6.07, 6.45) is 2.71. The van der Waals surface area contributed by atoms with Crippen LogP contribution >= 0.6 is 0 Å². The summed E-state index contributed by atoms with van der Waals surface area (Å²) in [7, 11) is 0. The van der Waals surface area contributed by atoms with E-state index in [4.69, 9.17) is 4.74 Å². The fraction of sp³-hybridized carbons (Fsp3) is 0.154. The van der Waals surface area contributed by atoms with Gasteiger partial charge in [-0.1, -0.05) is 25.1 Å². The SMILES string of the molecule is CCc1ccc(Oc2ccccc2)cn1. The fourth-order valence-electron chi connectivity index (χ4n) is 1.31. The number of hydrogen-bond acceptors (Lipinski definition) is 2. The maximum absolute atomic E-state index is 5.62. The third kappa shape index (κ3) is 2.56. The van der Waals surface area contributed by atoms with Crippen LogP contribution < -0.4 is 4.74 Å². The number of pyridine rings is 1. The molecule has 0 bridgehead atoms. The van der Waals surface area contributed by atoms with Crippen molar-refractivity contribution in [2.75, 3.05) is 0 Å². The van der Waals surface area contributed by atoms with E-state index in [-0.39, 0.29) is 0 Å². The molecule has 2 nitrogen and oxygen atoms in total. The highest BCUT2D eigenvalue weighted by molar-refractivity contribution is 5.29. The Morgan fingerprint density at radius 1 is 1.00 bits per heavy atom. The van der Waals surface area contributed by atoms with E-state index >= 15 is 0 Å². The largest absolute Gasteiger partial charge is 0.456 e. The molecule has 0 radical (unpaired) electrons. The van der Waals surface area contributed by atoms with Gasteiger partial charge in [-0.3, -0.25) is 4.98 Å². The summed E-state index contributed by atoms with van der Waals surface area (Å²) in [5.74, 6) is 1.61. The Labute approximate surface area is 89.6 Å². The molecule has 0 spiro atoms. The van der Waals surface area contributed by atoms with Crippen molar-refractivity contribution in [3.63, 3.8) is 0 Å². The van der Waals surface area contributed by atoms with Gasteiger partial charge in [-0.15, -0.1) is 0 Å². The first-order valence-corrected chi connectivity index (χ1v) is 5.06. The van der Waals surface area contributed by atoms with E-state index in [1.165, 1.54) is 0 Å². The number of ether oxygens (including phenoxy) is 1. The van der Waals surface area contributed by atoms with Crippen LogP contribution in [-0.2, 0) is 6.42 Å². The lowest BCUT2D eigenvalue weighted by molar-refractivity contribution is 0.480. The number of nitrogens with zero attached hydrogens (tertiary/aromatic N) is 1. The topological polar surface area (TPSA) is 22.1 Å². The van der Waals surface area contributed by atoms with Crippen LogP contribution in [0.2, 0.25) is 0 Å². The van der Waals surface area contributed by atoms with Crippen molar-refractivity contribution in [2.45, 2.75) is 13.3 Å². The monoisotopic (exact) mass is 199 g/mol. The van der Waals surface area contributed by atoms with Crippen molar-refractivity contribution in [2.24, 2.45) is 0 Å². The van der Waals surface area contributed by atoms with Crippen molar-refractivity contribution < 1.29 is 4.74 Å². The molecule has 0 unspecified atom stereocenters. The second-order valence-electron chi connectivity index (χ2n) is 3.25. The van der Waals surface area contributed by atoms with Gasteiger partial charge in [0.05, 0.1) is 6.20 Å². The van der Waals surface area contributed by atoms with Crippen LogP contribution in [0, 0.1) is 0 Å². The molecule has 15 heavy (non-hydrogen) atoms. The molecule has 0 aliphatic carbocycles. The quantitative estimate of drug-likeness (QED) is 0.755. The Morgan fingerprint density at radius 3 is 2.40 bits per heavy atom. The van der Waals surface area contributed by atoms with Gasteiger partial charge in [0.25, 0.3) is 0 Å². The molecule has 0 amide bonds. The van der Waals surface area contributed by atoms with Gasteiger partial charge in [0.1, 0.15) is 11.5 Å². The van der Waals surface area contributed by atoms with Crippen LogP contribution in [-0.4, -0.2) is 4.98 Å². The average Bonchev–Trinajstić information content (AvgIpc) is 2.31. The summed E-state index contributed by atoms with van der Waals surface area (Å²) >= 11 is 0. The van der Waals surface area contributed by atoms with E-state index in [9.17, 15) is 0 Å². The molecule has 1 aromatic heterocycles. The molecule has 0 aliphatic heterocycles. The Balaban J connectivity index is 2.11. The van der Waals surface area contributed by atoms with Crippen molar-refractivity contribution in [1.82, 2.24) is 4.98 Å². The van der Waals surface area contributed by atoms with E-state index in [0.717, 1.165) is 23.6 Å². The van der Waals surface area contributed by atoms with Crippen LogP contribution in [0.1, 0.15) is 12.6 Å². The molecule has 1 heterocycles. The number of para-hydroxylation sites is 1. The van der Waals surface area contributed by atoms with Crippen molar-refractivity contribution in [1.29, 1.82) is 0 Å². The zero-order chi connectivity index (χ0) is 10.5. The first-order valence-electron chi connectivity index (χ1n) is 5.06. The molecule has 1 aromatic carbocycles. The van der Waals surface area contributed by atoms with Gasteiger partial charge in [-0.25, -0.2) is 0 Å². The molecular formula is C13H13NO. The summed E-state index contributed by atoms with van der Waals surface area (Å²) in [6.45, 7) is 2.08. The summed E-state index contributed by atoms with van der Waals surface area (Å²) < 4.78 is 5.62. The predicted molar refractivity (Wildman–Crippen MR) is 60.1 cm³/mol. The molecule has 0 saturated carbocycles. The summed E-state index contributed by atoms with van der Waals surface area (Å²) in [6, 6.07) is 13.6. The summed E-state index contributed by atoms with van der Waals surface area (Å²) in [4.78, 5) is 4.27. The molecule has 0 saturated heterocycles. The van der Waals surface area contributed by atoms with Gasteiger partial charge in [-0.05, 0) is 30.7 Å². The molecule has 0 fully saturated rings. The second kappa shape index (κ2) is 4.60. The smallest absolute Gasteiger partial charge is 0.145 e. The standard InChI is InChI=1S/C13H13NO/c1-2-11-8-9-13(10-14-11)15-12-6-4-3-5-7-12/h3-10H,2H2,1H3. The van der Waals surface area contributed by atoms with Crippen LogP contribution in [0.4, 0.5) is 0 Å². The maximum atomic E-state index is 5.62. The number of hydrogen-bond donors (Lipinski definition) is 0. The van der Waals surface area contributed by atoms with Gasteiger partial charge in [0.2, 0.25) is 0 Å². The Kier molecular flexibility index (Phi) is 2.98. The molecular weight excluding hydrogens is 186 g/mol. The van der Waals surface area contributed by atoms with Crippen molar-refractivity contribution in [3.05, 3.63) is 54.4 Å². The molecule has 0 atom stereocenters. The maximum Gasteiger partial charge on any atom is 0.145 e. The lowest BCUT2D eigenvalue weighted by Gasteiger charge is -2.04. The third-order valence-electron chi connectivity index (χ3n) is 2.14. The zero-order valence-corrected chi connectivity index (χ0v) is 8.68. The number of benzene rings is 1. The number of aromatic nitrogens is 1. The van der Waals surface area contributed by atoms with E-state index in [1.807, 2.05) is 42.5 Å². The Morgan fingerprint density at radius 2 is 1.80 bits per heavy atom. The van der Waals surface area contributed by atoms with Crippen LogP contribution in [0.15, 0.2) is 48.7 Å². The molecule has 0 aliphatic rings. The van der Waals surface area contributed by atoms with E-state index in [2.05, 4.69) is 11.9 Å². The molecule has 2 aromatic rings. The molecule has 0 N–H and O–H groups in total. The van der Waals surface area contributed by atoms with E-state index in [1.54, 1.807) is 6.20 Å². The van der Waals surface area contributed by atoms with Gasteiger partial charge >= 0.3 is 0 Å². The summed E-state index contributed by atoms with van der Waals surface area (Å²) in [5, 5.41) is 0. The highest BCUT2D eigenvalue weighted by Crippen LogP contribution is 2.19. The molecule has 2 rings (SSSR count). The molecule has 76 valence electrons. The van der Waals surface area contributed by atoms with Gasteiger partial charge < -0.3 is 4.74 Å². The Bertz CT molecular complexity index is 408. The minimum Gasteiger partial charge on any atom is -0.456 e. The highest BCUT2D eigenvalue weighted by Gasteiger charge is 1.96. The van der Waals surface area contributed by atoms with Crippen molar-refractivity contribution in [3.8, 4) is 11.5 Å². The Hall–Kier alpha value is -1.83. The normalized spacial score (nSPS) is 9.93. The first-order chi connectivity index (χ1) is 7.38. The van der Waals surface area contributed by atoms with Gasteiger partial charge in [0.15, 0.2) is 0 Å². The first kappa shape index (κ1) is 9.71. The lowest BCUT2D eigenvalue weighted by Crippen LogP contribution is -1.88. The van der Waals surface area contributed by atoms with Crippen LogP contribution in [0.25, 0.3) is 0 Å². The second-order valence-corrected chi connectivity index (χ2v) is 3.25.